The summed E-state index contributed by atoms with van der Waals surface area (Å²) in [7, 11) is -3.68. The molecule has 3 amide bonds. The Balaban J connectivity index is 1.97. The number of anilines is 1. The molecule has 0 aliphatic heterocycles. The molecule has 144 valence electrons. The van der Waals surface area contributed by atoms with E-state index in [9.17, 15) is 18.0 Å². The Kier molecular flexibility index (Phi) is 6.37. The predicted octanol–water partition coefficient (Wildman–Crippen LogP) is 1.38. The van der Waals surface area contributed by atoms with Crippen LogP contribution in [-0.2, 0) is 10.0 Å². The minimum atomic E-state index is -3.68. The average Bonchev–Trinajstić information content (AvgIpc) is 2.55. The number of ether oxygens (including phenoxy) is 1. The first-order chi connectivity index (χ1) is 12.6. The third-order valence-electron chi connectivity index (χ3n) is 3.35. The number of amides is 3. The molecule has 2 aromatic rings. The van der Waals surface area contributed by atoms with E-state index < -0.39 is 28.0 Å². The third-order valence-corrected chi connectivity index (χ3v) is 4.32. The van der Waals surface area contributed by atoms with Crippen LogP contribution in [0.1, 0.15) is 17.3 Å². The van der Waals surface area contributed by atoms with E-state index in [4.69, 9.17) is 15.6 Å². The number of primary sulfonamides is 1. The van der Waals surface area contributed by atoms with Gasteiger partial charge in [-0.2, -0.15) is 0 Å². The number of benzene rings is 2. The summed E-state index contributed by atoms with van der Waals surface area (Å²) < 4.78 is 27.6. The van der Waals surface area contributed by atoms with Crippen LogP contribution in [0.25, 0.3) is 0 Å². The van der Waals surface area contributed by atoms with E-state index in [2.05, 4.69) is 10.6 Å². The lowest BCUT2D eigenvalue weighted by atomic mass is 10.2. The van der Waals surface area contributed by atoms with Crippen molar-refractivity contribution in [1.29, 1.82) is 0 Å². The first kappa shape index (κ1) is 20.2. The van der Waals surface area contributed by atoms with Gasteiger partial charge >= 0.3 is 6.03 Å². The van der Waals surface area contributed by atoms with Crippen molar-refractivity contribution in [1.82, 2.24) is 5.32 Å². The number of rotatable bonds is 7. The number of primary amides is 1. The van der Waals surface area contributed by atoms with E-state index in [-0.39, 0.29) is 11.3 Å². The zero-order chi connectivity index (χ0) is 20.0. The summed E-state index contributed by atoms with van der Waals surface area (Å²) >= 11 is 0. The molecule has 0 unspecified atom stereocenters. The van der Waals surface area contributed by atoms with E-state index in [1.54, 1.807) is 48.5 Å². The lowest BCUT2D eigenvalue weighted by molar-refractivity contribution is 0.0998. The summed E-state index contributed by atoms with van der Waals surface area (Å²) in [5, 5.41) is 9.96. The van der Waals surface area contributed by atoms with Crippen LogP contribution in [0.15, 0.2) is 48.5 Å². The summed E-state index contributed by atoms with van der Waals surface area (Å²) in [5.41, 5.74) is 6.02. The topological polar surface area (TPSA) is 154 Å². The van der Waals surface area contributed by atoms with Crippen LogP contribution in [0.3, 0.4) is 0 Å². The zero-order valence-electron chi connectivity index (χ0n) is 14.5. The molecule has 6 N–H and O–H groups in total. The molecule has 2 rings (SSSR count). The minimum absolute atomic E-state index is 0.253. The predicted molar refractivity (Wildman–Crippen MR) is 101 cm³/mol. The molecule has 10 heteroatoms. The van der Waals surface area contributed by atoms with Crippen LogP contribution in [0, 0.1) is 0 Å². The molecule has 9 nitrogen and oxygen atoms in total. The van der Waals surface area contributed by atoms with Crippen LogP contribution in [-0.4, -0.2) is 32.2 Å². The standard InChI is InChI=1S/C17H20N4O5S/c1-11(10-27(19,24)25)20-17(23)21-12-6-8-13(9-7-12)26-15-5-3-2-4-14(15)16(18)22/h2-9,11H,10H2,1H3,(H2,18,22)(H2,19,24,25)(H2,20,21,23)/t11-/m1/s1. The van der Waals surface area contributed by atoms with E-state index >= 15 is 0 Å². The smallest absolute Gasteiger partial charge is 0.319 e. The largest absolute Gasteiger partial charge is 0.457 e. The SMILES string of the molecule is C[C@H](CS(N)(=O)=O)NC(=O)Nc1ccc(Oc2ccccc2C(N)=O)cc1. The molecule has 0 aliphatic carbocycles. The highest BCUT2D eigenvalue weighted by molar-refractivity contribution is 7.89. The Morgan fingerprint density at radius 1 is 1.11 bits per heavy atom. The van der Waals surface area contributed by atoms with Crippen molar-refractivity contribution < 1.29 is 22.7 Å². The van der Waals surface area contributed by atoms with Gasteiger partial charge in [-0.1, -0.05) is 12.1 Å². The molecule has 0 fully saturated rings. The number of hydrogen-bond acceptors (Lipinski definition) is 5. The second kappa shape index (κ2) is 8.52. The number of urea groups is 1. The van der Waals surface area contributed by atoms with E-state index in [1.165, 1.54) is 6.92 Å². The van der Waals surface area contributed by atoms with Crippen LogP contribution in [0.2, 0.25) is 0 Å². The van der Waals surface area contributed by atoms with E-state index in [0.29, 0.717) is 17.2 Å². The zero-order valence-corrected chi connectivity index (χ0v) is 15.3. The second-order valence-corrected chi connectivity index (χ2v) is 7.47. The van der Waals surface area contributed by atoms with Crippen molar-refractivity contribution in [3.8, 4) is 11.5 Å². The molecule has 0 bridgehead atoms. The quantitative estimate of drug-likeness (QED) is 0.560. The molecule has 2 aromatic carbocycles. The maximum atomic E-state index is 11.9. The fourth-order valence-corrected chi connectivity index (χ4v) is 3.05. The van der Waals surface area contributed by atoms with Gasteiger partial charge in [0.05, 0.1) is 11.3 Å². The summed E-state index contributed by atoms with van der Waals surface area (Å²) in [6.07, 6.45) is 0. The summed E-state index contributed by atoms with van der Waals surface area (Å²) in [6.45, 7) is 1.52. The van der Waals surface area contributed by atoms with Gasteiger partial charge in [-0.15, -0.1) is 0 Å². The van der Waals surface area contributed by atoms with Crippen molar-refractivity contribution in [2.45, 2.75) is 13.0 Å². The molecular weight excluding hydrogens is 372 g/mol. The molecule has 0 aromatic heterocycles. The second-order valence-electron chi connectivity index (χ2n) is 5.82. The van der Waals surface area contributed by atoms with Crippen molar-refractivity contribution in [3.63, 3.8) is 0 Å². The molecule has 0 heterocycles. The Bertz CT molecular complexity index is 929. The maximum Gasteiger partial charge on any atom is 0.319 e. The molecule has 1 atom stereocenters. The van der Waals surface area contributed by atoms with Crippen LogP contribution < -0.4 is 26.2 Å². The number of carbonyl (C=O) groups is 2. The normalized spacial score (nSPS) is 12.1. The minimum Gasteiger partial charge on any atom is -0.457 e. The highest BCUT2D eigenvalue weighted by Crippen LogP contribution is 2.26. The van der Waals surface area contributed by atoms with E-state index in [1.807, 2.05) is 0 Å². The molecule has 0 radical (unpaired) electrons. The molecule has 0 aliphatic rings. The highest BCUT2D eigenvalue weighted by Gasteiger charge is 2.14. The number of hydrogen-bond donors (Lipinski definition) is 4. The fourth-order valence-electron chi connectivity index (χ4n) is 2.27. The number of nitrogens with two attached hydrogens (primary N) is 2. The lowest BCUT2D eigenvalue weighted by Crippen LogP contribution is -2.41. The number of para-hydroxylation sites is 1. The monoisotopic (exact) mass is 392 g/mol. The summed E-state index contributed by atoms with van der Waals surface area (Å²) in [5.74, 6) is -0.210. The molecule has 0 saturated carbocycles. The van der Waals surface area contributed by atoms with Gasteiger partial charge in [-0.05, 0) is 43.3 Å². The van der Waals surface area contributed by atoms with Gasteiger partial charge in [-0.25, -0.2) is 18.4 Å². The Hall–Kier alpha value is -3.11. The van der Waals surface area contributed by atoms with Gasteiger partial charge in [0, 0.05) is 11.7 Å². The lowest BCUT2D eigenvalue weighted by Gasteiger charge is -2.14. The van der Waals surface area contributed by atoms with Gasteiger partial charge in [0.1, 0.15) is 11.5 Å². The molecule has 27 heavy (non-hydrogen) atoms. The fraction of sp³-hybridized carbons (Fsp3) is 0.176. The van der Waals surface area contributed by atoms with Gasteiger partial charge in [0.25, 0.3) is 5.91 Å². The van der Waals surface area contributed by atoms with Crippen molar-refractivity contribution >= 4 is 27.6 Å². The van der Waals surface area contributed by atoms with Gasteiger partial charge in [0.2, 0.25) is 10.0 Å². The van der Waals surface area contributed by atoms with Crippen LogP contribution in [0.4, 0.5) is 10.5 Å². The highest BCUT2D eigenvalue weighted by atomic mass is 32.2. The number of nitrogens with one attached hydrogen (secondary N) is 2. The number of sulfonamides is 1. The van der Waals surface area contributed by atoms with E-state index in [0.717, 1.165) is 0 Å². The van der Waals surface area contributed by atoms with Crippen molar-refractivity contribution in [3.05, 3.63) is 54.1 Å². The Morgan fingerprint density at radius 3 is 2.33 bits per heavy atom. The first-order valence-corrected chi connectivity index (χ1v) is 9.60. The molecular formula is C17H20N4O5S. The van der Waals surface area contributed by atoms with Crippen molar-refractivity contribution in [2.75, 3.05) is 11.1 Å². The van der Waals surface area contributed by atoms with Crippen LogP contribution in [0.5, 0.6) is 11.5 Å². The van der Waals surface area contributed by atoms with Crippen LogP contribution >= 0.6 is 0 Å². The van der Waals surface area contributed by atoms with Gasteiger partial charge in [-0.3, -0.25) is 4.79 Å². The Morgan fingerprint density at radius 2 is 1.74 bits per heavy atom. The summed E-state index contributed by atoms with van der Waals surface area (Å²) in [4.78, 5) is 23.3. The average molecular weight is 392 g/mol. The first-order valence-electron chi connectivity index (χ1n) is 7.89. The Labute approximate surface area is 156 Å². The molecule has 0 saturated heterocycles. The van der Waals surface area contributed by atoms with Gasteiger partial charge < -0.3 is 21.1 Å². The van der Waals surface area contributed by atoms with Crippen molar-refractivity contribution in [2.24, 2.45) is 10.9 Å². The third kappa shape index (κ3) is 6.60. The molecule has 0 spiro atoms. The van der Waals surface area contributed by atoms with Gasteiger partial charge in [0.15, 0.2) is 0 Å². The number of carbonyl (C=O) groups excluding carboxylic acids is 2. The summed E-state index contributed by atoms with van der Waals surface area (Å²) in [6, 6.07) is 11.7. The maximum absolute atomic E-state index is 11.9.